The fourth-order valence-corrected chi connectivity index (χ4v) is 4.97. The summed E-state index contributed by atoms with van der Waals surface area (Å²) in [6.45, 7) is 2.02. The first-order valence-corrected chi connectivity index (χ1v) is 11.2. The number of fused-ring (bicyclic) bond motifs is 6. The van der Waals surface area contributed by atoms with Crippen LogP contribution in [0.1, 0.15) is 5.69 Å². The van der Waals surface area contributed by atoms with Crippen LogP contribution in [0, 0.1) is 6.92 Å². The van der Waals surface area contributed by atoms with Crippen LogP contribution in [0.25, 0.3) is 60.7 Å². The van der Waals surface area contributed by atoms with E-state index in [4.69, 9.17) is 9.40 Å². The fourth-order valence-electron chi connectivity index (χ4n) is 4.97. The van der Waals surface area contributed by atoms with E-state index in [2.05, 4.69) is 102 Å². The van der Waals surface area contributed by atoms with Gasteiger partial charge in [0.2, 0.25) is 0 Å². The molecule has 33 heavy (non-hydrogen) atoms. The van der Waals surface area contributed by atoms with Gasteiger partial charge in [0.1, 0.15) is 11.2 Å². The molecule has 3 nitrogen and oxygen atoms in total. The van der Waals surface area contributed by atoms with E-state index in [1.165, 1.54) is 21.8 Å². The summed E-state index contributed by atoms with van der Waals surface area (Å²) < 4.78 is 8.53. The van der Waals surface area contributed by atoms with Crippen LogP contribution >= 0.6 is 0 Å². The highest BCUT2D eigenvalue weighted by Crippen LogP contribution is 2.36. The largest absolute Gasteiger partial charge is 0.456 e. The molecule has 0 saturated heterocycles. The molecule has 156 valence electrons. The lowest BCUT2D eigenvalue weighted by Gasteiger charge is -2.08. The van der Waals surface area contributed by atoms with Crippen LogP contribution in [0.5, 0.6) is 0 Å². The minimum atomic E-state index is 0.890. The Morgan fingerprint density at radius 3 is 2.00 bits per heavy atom. The van der Waals surface area contributed by atoms with Gasteiger partial charge in [0.15, 0.2) is 0 Å². The number of rotatable bonds is 2. The van der Waals surface area contributed by atoms with Gasteiger partial charge in [0, 0.05) is 38.5 Å². The van der Waals surface area contributed by atoms with E-state index in [9.17, 15) is 0 Å². The summed E-state index contributed by atoms with van der Waals surface area (Å²) in [6, 6.07) is 36.1. The summed E-state index contributed by atoms with van der Waals surface area (Å²) in [5.74, 6) is 0. The van der Waals surface area contributed by atoms with Crippen molar-refractivity contribution in [3.05, 3.63) is 109 Å². The molecular formula is C30H20N2O. The number of para-hydroxylation sites is 2. The first kappa shape index (κ1) is 18.2. The van der Waals surface area contributed by atoms with Crippen LogP contribution in [0.2, 0.25) is 0 Å². The second kappa shape index (κ2) is 6.81. The van der Waals surface area contributed by atoms with Crippen molar-refractivity contribution in [3.8, 4) is 16.9 Å². The van der Waals surface area contributed by atoms with Crippen molar-refractivity contribution in [3.63, 3.8) is 0 Å². The normalized spacial score (nSPS) is 11.8. The van der Waals surface area contributed by atoms with Crippen LogP contribution in [0.4, 0.5) is 0 Å². The molecule has 4 aromatic carbocycles. The van der Waals surface area contributed by atoms with Gasteiger partial charge in [-0.05, 0) is 67.6 Å². The third-order valence-electron chi connectivity index (χ3n) is 6.48. The number of pyridine rings is 1. The zero-order valence-corrected chi connectivity index (χ0v) is 18.1. The Hall–Kier alpha value is -4.37. The van der Waals surface area contributed by atoms with Crippen molar-refractivity contribution in [2.45, 2.75) is 6.92 Å². The molecule has 7 aromatic rings. The standard InChI is InChI=1S/C30H20N2O/c1-19-7-6-10-26(31-19)20-13-15-29-24(17-20)25-18-21(14-16-30(25)33-29)32-27-11-4-2-8-22(27)23-9-3-5-12-28(23)32/h2-18H,1H3. The smallest absolute Gasteiger partial charge is 0.135 e. The van der Waals surface area contributed by atoms with Crippen LogP contribution in [-0.4, -0.2) is 9.55 Å². The first-order valence-electron chi connectivity index (χ1n) is 11.2. The Balaban J connectivity index is 1.50. The van der Waals surface area contributed by atoms with Crippen molar-refractivity contribution in [1.29, 1.82) is 0 Å². The van der Waals surface area contributed by atoms with Crippen molar-refractivity contribution in [2.24, 2.45) is 0 Å². The zero-order valence-electron chi connectivity index (χ0n) is 18.1. The number of hydrogen-bond donors (Lipinski definition) is 0. The van der Waals surface area contributed by atoms with Gasteiger partial charge in [0.05, 0.1) is 16.7 Å². The highest BCUT2D eigenvalue weighted by atomic mass is 16.3. The van der Waals surface area contributed by atoms with Gasteiger partial charge in [-0.15, -0.1) is 0 Å². The lowest BCUT2D eigenvalue weighted by molar-refractivity contribution is 0.669. The quantitative estimate of drug-likeness (QED) is 0.281. The molecule has 3 aromatic heterocycles. The third kappa shape index (κ3) is 2.72. The van der Waals surface area contributed by atoms with Gasteiger partial charge in [-0.1, -0.05) is 42.5 Å². The van der Waals surface area contributed by atoms with Crippen molar-refractivity contribution >= 4 is 43.7 Å². The van der Waals surface area contributed by atoms with Crippen LogP contribution < -0.4 is 0 Å². The maximum Gasteiger partial charge on any atom is 0.135 e. The number of benzene rings is 4. The molecule has 0 bridgehead atoms. The molecule has 0 atom stereocenters. The van der Waals surface area contributed by atoms with E-state index in [0.717, 1.165) is 44.6 Å². The summed E-state index contributed by atoms with van der Waals surface area (Å²) in [5, 5.41) is 4.74. The van der Waals surface area contributed by atoms with Gasteiger partial charge < -0.3 is 8.98 Å². The lowest BCUT2D eigenvalue weighted by Crippen LogP contribution is -1.93. The Kier molecular flexibility index (Phi) is 3.76. The molecule has 0 aliphatic heterocycles. The zero-order chi connectivity index (χ0) is 21.9. The van der Waals surface area contributed by atoms with E-state index >= 15 is 0 Å². The summed E-state index contributed by atoms with van der Waals surface area (Å²) in [4.78, 5) is 4.71. The van der Waals surface area contributed by atoms with Gasteiger partial charge in [-0.3, -0.25) is 4.98 Å². The van der Waals surface area contributed by atoms with Gasteiger partial charge >= 0.3 is 0 Å². The molecule has 0 spiro atoms. The third-order valence-corrected chi connectivity index (χ3v) is 6.48. The highest BCUT2D eigenvalue weighted by Gasteiger charge is 2.14. The Morgan fingerprint density at radius 1 is 0.606 bits per heavy atom. The Bertz CT molecular complexity index is 1780. The average Bonchev–Trinajstić information content (AvgIpc) is 3.39. The van der Waals surface area contributed by atoms with Crippen LogP contribution in [0.15, 0.2) is 108 Å². The summed E-state index contributed by atoms with van der Waals surface area (Å²) in [6.07, 6.45) is 0. The van der Waals surface area contributed by atoms with E-state index in [0.29, 0.717) is 0 Å². The summed E-state index contributed by atoms with van der Waals surface area (Å²) in [7, 11) is 0. The topological polar surface area (TPSA) is 31.0 Å². The highest BCUT2D eigenvalue weighted by molar-refractivity contribution is 6.10. The molecule has 0 fully saturated rings. The second-order valence-electron chi connectivity index (χ2n) is 8.53. The average molecular weight is 425 g/mol. The maximum atomic E-state index is 6.18. The van der Waals surface area contributed by atoms with E-state index in [1.807, 2.05) is 13.0 Å². The lowest BCUT2D eigenvalue weighted by atomic mass is 10.1. The second-order valence-corrected chi connectivity index (χ2v) is 8.53. The predicted molar refractivity (Wildman–Crippen MR) is 136 cm³/mol. The molecule has 3 heterocycles. The molecule has 7 rings (SSSR count). The predicted octanol–water partition coefficient (Wildman–Crippen LogP) is 8.05. The number of aryl methyl sites for hydroxylation is 1. The Morgan fingerprint density at radius 2 is 1.27 bits per heavy atom. The molecule has 0 radical (unpaired) electrons. The van der Waals surface area contributed by atoms with E-state index < -0.39 is 0 Å². The maximum absolute atomic E-state index is 6.18. The fraction of sp³-hybridized carbons (Fsp3) is 0.0333. The molecule has 0 aliphatic rings. The molecule has 0 amide bonds. The molecule has 3 heteroatoms. The minimum Gasteiger partial charge on any atom is -0.456 e. The van der Waals surface area contributed by atoms with Crippen molar-refractivity contribution in [1.82, 2.24) is 9.55 Å². The molecule has 0 saturated carbocycles. The minimum absolute atomic E-state index is 0.890. The van der Waals surface area contributed by atoms with Crippen LogP contribution in [-0.2, 0) is 0 Å². The number of aromatic nitrogens is 2. The summed E-state index contributed by atoms with van der Waals surface area (Å²) in [5.41, 5.74) is 8.40. The van der Waals surface area contributed by atoms with E-state index in [-0.39, 0.29) is 0 Å². The number of hydrogen-bond acceptors (Lipinski definition) is 2. The SMILES string of the molecule is Cc1cccc(-c2ccc3oc4ccc(-n5c6ccccc6c6ccccc65)cc4c3c2)n1. The van der Waals surface area contributed by atoms with E-state index in [1.54, 1.807) is 0 Å². The number of furan rings is 1. The van der Waals surface area contributed by atoms with Crippen LogP contribution in [0.3, 0.4) is 0 Å². The van der Waals surface area contributed by atoms with Gasteiger partial charge in [-0.2, -0.15) is 0 Å². The molecule has 0 unspecified atom stereocenters. The summed E-state index contributed by atoms with van der Waals surface area (Å²) >= 11 is 0. The molecular weight excluding hydrogens is 404 g/mol. The Labute approximate surface area is 190 Å². The molecule has 0 aliphatic carbocycles. The van der Waals surface area contributed by atoms with Crippen molar-refractivity contribution < 1.29 is 4.42 Å². The number of nitrogens with zero attached hydrogens (tertiary/aromatic N) is 2. The first-order chi connectivity index (χ1) is 16.3. The van der Waals surface area contributed by atoms with Gasteiger partial charge in [-0.25, -0.2) is 0 Å². The monoisotopic (exact) mass is 424 g/mol. The molecule has 0 N–H and O–H groups in total. The van der Waals surface area contributed by atoms with Crippen molar-refractivity contribution in [2.75, 3.05) is 0 Å². The van der Waals surface area contributed by atoms with Gasteiger partial charge in [0.25, 0.3) is 0 Å².